The number of hydrogen-bond donors (Lipinski definition) is 2. The molecule has 1 amide bonds. The first-order chi connectivity index (χ1) is 11.4. The molecular formula is C16H16ClFN2O3S. The molecule has 2 aromatic rings. The average Bonchev–Trinajstić information content (AvgIpc) is 2.54. The molecule has 5 nitrogen and oxygen atoms in total. The van der Waals surface area contributed by atoms with E-state index >= 15 is 0 Å². The van der Waals surface area contributed by atoms with E-state index in [9.17, 15) is 17.6 Å². The quantitative estimate of drug-likeness (QED) is 0.735. The number of sulfonamides is 1. The zero-order valence-electron chi connectivity index (χ0n) is 12.6. The Morgan fingerprint density at radius 2 is 1.75 bits per heavy atom. The zero-order chi connectivity index (χ0) is 17.6. The van der Waals surface area contributed by atoms with Crippen molar-refractivity contribution in [3.05, 3.63) is 59.4 Å². The fraction of sp³-hybridized carbons (Fsp3) is 0.188. The van der Waals surface area contributed by atoms with Gasteiger partial charge in [-0.1, -0.05) is 23.7 Å². The van der Waals surface area contributed by atoms with Crippen molar-refractivity contribution in [2.75, 3.05) is 11.9 Å². The predicted octanol–water partition coefficient (Wildman–Crippen LogP) is 3.18. The molecule has 0 bridgehead atoms. The molecule has 2 rings (SSSR count). The molecule has 0 unspecified atom stereocenters. The molecule has 0 aliphatic carbocycles. The number of benzene rings is 2. The van der Waals surface area contributed by atoms with Gasteiger partial charge < -0.3 is 5.32 Å². The molecule has 0 spiro atoms. The van der Waals surface area contributed by atoms with Crippen LogP contribution in [0.4, 0.5) is 10.1 Å². The van der Waals surface area contributed by atoms with E-state index in [2.05, 4.69) is 10.0 Å². The summed E-state index contributed by atoms with van der Waals surface area (Å²) >= 11 is 5.94. The van der Waals surface area contributed by atoms with Crippen LogP contribution >= 0.6 is 11.6 Å². The Hall–Kier alpha value is -1.96. The highest BCUT2D eigenvalue weighted by atomic mass is 35.5. The molecule has 0 aliphatic heterocycles. The SMILES string of the molecule is O=C(CCCNS(=O)(=O)c1ccc(F)cc1)Nc1ccccc1Cl. The number of anilines is 1. The first-order valence-corrected chi connectivity index (χ1v) is 9.04. The lowest BCUT2D eigenvalue weighted by atomic mass is 10.2. The Kier molecular flexibility index (Phi) is 6.30. The maximum Gasteiger partial charge on any atom is 0.240 e. The highest BCUT2D eigenvalue weighted by Gasteiger charge is 2.13. The van der Waals surface area contributed by atoms with Gasteiger partial charge in [0.15, 0.2) is 0 Å². The largest absolute Gasteiger partial charge is 0.325 e. The molecule has 0 heterocycles. The summed E-state index contributed by atoms with van der Waals surface area (Å²) < 4.78 is 39.1. The van der Waals surface area contributed by atoms with Gasteiger partial charge in [-0.15, -0.1) is 0 Å². The smallest absolute Gasteiger partial charge is 0.240 e. The minimum Gasteiger partial charge on any atom is -0.325 e. The van der Waals surface area contributed by atoms with Crippen LogP contribution in [0.5, 0.6) is 0 Å². The van der Waals surface area contributed by atoms with Gasteiger partial charge in [0.1, 0.15) is 5.82 Å². The van der Waals surface area contributed by atoms with Crippen molar-refractivity contribution in [2.24, 2.45) is 0 Å². The van der Waals surface area contributed by atoms with Crippen molar-refractivity contribution in [3.63, 3.8) is 0 Å². The summed E-state index contributed by atoms with van der Waals surface area (Å²) in [7, 11) is -3.71. The van der Waals surface area contributed by atoms with Crippen LogP contribution in [0.15, 0.2) is 53.4 Å². The molecule has 2 aromatic carbocycles. The number of hydrogen-bond acceptors (Lipinski definition) is 3. The van der Waals surface area contributed by atoms with E-state index in [0.29, 0.717) is 17.1 Å². The summed E-state index contributed by atoms with van der Waals surface area (Å²) in [5, 5.41) is 3.09. The van der Waals surface area contributed by atoms with Crippen LogP contribution in [-0.2, 0) is 14.8 Å². The van der Waals surface area contributed by atoms with Crippen LogP contribution in [-0.4, -0.2) is 20.9 Å². The highest BCUT2D eigenvalue weighted by Crippen LogP contribution is 2.20. The topological polar surface area (TPSA) is 75.3 Å². The minimum atomic E-state index is -3.71. The molecule has 0 aliphatic rings. The Morgan fingerprint density at radius 1 is 1.08 bits per heavy atom. The summed E-state index contributed by atoms with van der Waals surface area (Å²) in [4.78, 5) is 11.8. The van der Waals surface area contributed by atoms with Crippen LogP contribution in [0, 0.1) is 5.82 Å². The van der Waals surface area contributed by atoms with E-state index in [1.54, 1.807) is 24.3 Å². The molecule has 0 aromatic heterocycles. The normalized spacial score (nSPS) is 11.2. The van der Waals surface area contributed by atoms with E-state index in [1.807, 2.05) is 0 Å². The van der Waals surface area contributed by atoms with Crippen molar-refractivity contribution in [1.29, 1.82) is 0 Å². The molecule has 0 atom stereocenters. The first-order valence-electron chi connectivity index (χ1n) is 7.18. The van der Waals surface area contributed by atoms with Crippen molar-refractivity contribution >= 4 is 33.2 Å². The zero-order valence-corrected chi connectivity index (χ0v) is 14.2. The van der Waals surface area contributed by atoms with Crippen LogP contribution in [0.2, 0.25) is 5.02 Å². The molecule has 128 valence electrons. The number of rotatable bonds is 7. The summed E-state index contributed by atoms with van der Waals surface area (Å²) in [6.07, 6.45) is 0.452. The second kappa shape index (κ2) is 8.23. The Balaban J connectivity index is 1.79. The summed E-state index contributed by atoms with van der Waals surface area (Å²) in [6.45, 7) is 0.0929. The third kappa shape index (κ3) is 5.30. The molecule has 0 saturated carbocycles. The standard InChI is InChI=1S/C16H16ClFN2O3S/c17-14-4-1-2-5-15(14)20-16(21)6-3-11-19-24(22,23)13-9-7-12(18)8-10-13/h1-2,4-5,7-10,19H,3,6,11H2,(H,20,21). The van der Waals surface area contributed by atoms with Crippen molar-refractivity contribution in [2.45, 2.75) is 17.7 Å². The second-order valence-electron chi connectivity index (χ2n) is 4.98. The maximum atomic E-state index is 12.8. The van der Waals surface area contributed by atoms with Gasteiger partial charge >= 0.3 is 0 Å². The summed E-state index contributed by atoms with van der Waals surface area (Å²) in [6, 6.07) is 11.4. The average molecular weight is 371 g/mol. The molecule has 2 N–H and O–H groups in total. The Labute approximate surface area is 144 Å². The molecular weight excluding hydrogens is 355 g/mol. The third-order valence-electron chi connectivity index (χ3n) is 3.14. The summed E-state index contributed by atoms with van der Waals surface area (Å²) in [5.41, 5.74) is 0.510. The van der Waals surface area contributed by atoms with Crippen LogP contribution in [0.3, 0.4) is 0 Å². The van der Waals surface area contributed by atoms with Gasteiger partial charge in [-0.2, -0.15) is 0 Å². The van der Waals surface area contributed by atoms with Gasteiger partial charge in [-0.05, 0) is 42.8 Å². The van der Waals surface area contributed by atoms with E-state index < -0.39 is 15.8 Å². The van der Waals surface area contributed by atoms with Gasteiger partial charge in [0.05, 0.1) is 15.6 Å². The number of nitrogens with one attached hydrogen (secondary N) is 2. The van der Waals surface area contributed by atoms with Crippen LogP contribution in [0.1, 0.15) is 12.8 Å². The van der Waals surface area contributed by atoms with Crippen LogP contribution < -0.4 is 10.0 Å². The van der Waals surface area contributed by atoms with E-state index in [-0.39, 0.29) is 23.8 Å². The number of halogens is 2. The van der Waals surface area contributed by atoms with Gasteiger partial charge in [-0.25, -0.2) is 17.5 Å². The maximum absolute atomic E-state index is 12.8. The third-order valence-corrected chi connectivity index (χ3v) is 4.95. The Bertz CT molecular complexity index is 810. The van der Waals surface area contributed by atoms with Gasteiger partial charge in [0.25, 0.3) is 0 Å². The number of para-hydroxylation sites is 1. The molecule has 8 heteroatoms. The fourth-order valence-corrected chi connectivity index (χ4v) is 3.18. The number of amides is 1. The van der Waals surface area contributed by atoms with Crippen molar-refractivity contribution < 1.29 is 17.6 Å². The van der Waals surface area contributed by atoms with Gasteiger partial charge in [-0.3, -0.25) is 4.79 Å². The lowest BCUT2D eigenvalue weighted by molar-refractivity contribution is -0.116. The van der Waals surface area contributed by atoms with E-state index in [4.69, 9.17) is 11.6 Å². The predicted molar refractivity (Wildman–Crippen MR) is 90.9 cm³/mol. The van der Waals surface area contributed by atoms with E-state index in [1.165, 1.54) is 12.1 Å². The van der Waals surface area contributed by atoms with Crippen molar-refractivity contribution in [1.82, 2.24) is 4.72 Å². The van der Waals surface area contributed by atoms with Crippen LogP contribution in [0.25, 0.3) is 0 Å². The lowest BCUT2D eigenvalue weighted by Crippen LogP contribution is -2.25. The Morgan fingerprint density at radius 3 is 2.42 bits per heavy atom. The molecule has 24 heavy (non-hydrogen) atoms. The molecule has 0 saturated heterocycles. The minimum absolute atomic E-state index is 0.0237. The monoisotopic (exact) mass is 370 g/mol. The first kappa shape index (κ1) is 18.4. The summed E-state index contributed by atoms with van der Waals surface area (Å²) in [5.74, 6) is -0.769. The lowest BCUT2D eigenvalue weighted by Gasteiger charge is -2.08. The second-order valence-corrected chi connectivity index (χ2v) is 7.16. The fourth-order valence-electron chi connectivity index (χ4n) is 1.93. The van der Waals surface area contributed by atoms with Gasteiger partial charge in [0, 0.05) is 13.0 Å². The molecule has 0 fully saturated rings. The molecule has 0 radical (unpaired) electrons. The van der Waals surface area contributed by atoms with Crippen molar-refractivity contribution in [3.8, 4) is 0 Å². The highest BCUT2D eigenvalue weighted by molar-refractivity contribution is 7.89. The number of carbonyl (C=O) groups is 1. The van der Waals surface area contributed by atoms with E-state index in [0.717, 1.165) is 12.1 Å². The van der Waals surface area contributed by atoms with Gasteiger partial charge in [0.2, 0.25) is 15.9 Å². The number of carbonyl (C=O) groups excluding carboxylic acids is 1.